The summed E-state index contributed by atoms with van der Waals surface area (Å²) in [5, 5.41) is 23.1. The third-order valence-corrected chi connectivity index (χ3v) is 4.56. The lowest BCUT2D eigenvalue weighted by atomic mass is 10.0. The van der Waals surface area contributed by atoms with Crippen LogP contribution in [-0.4, -0.2) is 47.3 Å². The summed E-state index contributed by atoms with van der Waals surface area (Å²) >= 11 is 0. The second-order valence-corrected chi connectivity index (χ2v) is 6.25. The molecule has 25 heavy (non-hydrogen) atoms. The molecule has 0 saturated carbocycles. The molecule has 3 aromatic heterocycles. The van der Waals surface area contributed by atoms with Gasteiger partial charge >= 0.3 is 0 Å². The highest BCUT2D eigenvalue weighted by Crippen LogP contribution is 2.23. The third-order valence-electron chi connectivity index (χ3n) is 4.56. The number of amides is 1. The minimum atomic E-state index is -0.258. The van der Waals surface area contributed by atoms with Gasteiger partial charge in [0, 0.05) is 25.7 Å². The Hall–Kier alpha value is -2.84. The lowest BCUT2D eigenvalue weighted by Gasteiger charge is -2.13. The van der Waals surface area contributed by atoms with Crippen molar-refractivity contribution in [2.24, 2.45) is 0 Å². The molecule has 0 fully saturated rings. The van der Waals surface area contributed by atoms with Crippen molar-refractivity contribution in [3.8, 4) is 0 Å². The van der Waals surface area contributed by atoms with Gasteiger partial charge in [0.25, 0.3) is 0 Å². The number of rotatable bonds is 5. The fourth-order valence-electron chi connectivity index (χ4n) is 3.25. The maximum Gasteiger partial charge on any atom is 0.230 e. The van der Waals surface area contributed by atoms with Gasteiger partial charge in [-0.05, 0) is 41.8 Å². The van der Waals surface area contributed by atoms with Gasteiger partial charge < -0.3 is 5.32 Å². The number of nitrogens with zero attached hydrogens (tertiary/aromatic N) is 7. The zero-order valence-corrected chi connectivity index (χ0v) is 13.9. The molecule has 0 radical (unpaired) electrons. The van der Waals surface area contributed by atoms with Crippen LogP contribution in [0, 0.1) is 0 Å². The molecule has 130 valence electrons. The smallest absolute Gasteiger partial charge is 0.230 e. The van der Waals surface area contributed by atoms with Crippen LogP contribution in [0.3, 0.4) is 0 Å². The van der Waals surface area contributed by atoms with Gasteiger partial charge in [0.05, 0.1) is 5.92 Å². The molecule has 3 aromatic rings. The summed E-state index contributed by atoms with van der Waals surface area (Å²) in [6.07, 6.45) is 6.30. The molecule has 9 heteroatoms. The summed E-state index contributed by atoms with van der Waals surface area (Å²) in [6.45, 7) is 1.38. The number of carbonyl (C=O) groups is 1. The Morgan fingerprint density at radius 3 is 3.16 bits per heavy atom. The zero-order valence-electron chi connectivity index (χ0n) is 13.9. The van der Waals surface area contributed by atoms with E-state index in [2.05, 4.69) is 31.0 Å². The highest BCUT2D eigenvalue weighted by Gasteiger charge is 2.28. The van der Waals surface area contributed by atoms with Crippen LogP contribution in [0.25, 0.3) is 5.65 Å². The van der Waals surface area contributed by atoms with Gasteiger partial charge in [0.2, 0.25) is 5.91 Å². The maximum absolute atomic E-state index is 12.5. The van der Waals surface area contributed by atoms with Crippen molar-refractivity contribution < 1.29 is 4.79 Å². The summed E-state index contributed by atoms with van der Waals surface area (Å²) in [6, 6.07) is 5.82. The number of hydrogen-bond acceptors (Lipinski definition) is 6. The molecule has 1 amide bonds. The molecule has 0 aromatic carbocycles. The summed E-state index contributed by atoms with van der Waals surface area (Å²) < 4.78 is 3.72. The topological polar surface area (TPSA) is 103 Å². The van der Waals surface area contributed by atoms with E-state index < -0.39 is 0 Å². The first-order valence-electron chi connectivity index (χ1n) is 8.65. The number of carbonyl (C=O) groups excluding carboxylic acids is 1. The van der Waals surface area contributed by atoms with Crippen molar-refractivity contribution >= 4 is 11.6 Å². The summed E-state index contributed by atoms with van der Waals surface area (Å²) in [7, 11) is 0. The summed E-state index contributed by atoms with van der Waals surface area (Å²) in [4.78, 5) is 12.5. The Bertz CT molecular complexity index is 870. The molecule has 4 rings (SSSR count). The molecule has 0 unspecified atom stereocenters. The molecule has 0 spiro atoms. The monoisotopic (exact) mass is 340 g/mol. The van der Waals surface area contributed by atoms with Crippen molar-refractivity contribution in [1.82, 2.24) is 40.1 Å². The molecule has 9 nitrogen and oxygen atoms in total. The van der Waals surface area contributed by atoms with Crippen LogP contribution in [0.5, 0.6) is 0 Å². The molecular weight excluding hydrogens is 320 g/mol. The van der Waals surface area contributed by atoms with Gasteiger partial charge in [-0.2, -0.15) is 0 Å². The Labute approximate surface area is 144 Å². The van der Waals surface area contributed by atoms with Crippen molar-refractivity contribution in [3.05, 3.63) is 36.0 Å². The summed E-state index contributed by atoms with van der Waals surface area (Å²) in [5.41, 5.74) is 0.840. The van der Waals surface area contributed by atoms with Gasteiger partial charge in [-0.25, -0.2) is 4.68 Å². The standard InChI is InChI=1S/C16H20N8O/c25-16(12-6-1-4-11-24-15(12)20-21-22-24)17-9-5-8-14-19-18-13-7-2-3-10-23(13)14/h2-3,7,10,12H,1,4-6,8-9,11H2,(H,17,25)/t12-/m0/s1. The average Bonchev–Trinajstić information content (AvgIpc) is 3.21. The van der Waals surface area contributed by atoms with E-state index in [4.69, 9.17) is 0 Å². The van der Waals surface area contributed by atoms with Crippen LogP contribution >= 0.6 is 0 Å². The van der Waals surface area contributed by atoms with Crippen molar-refractivity contribution in [2.75, 3.05) is 6.54 Å². The van der Waals surface area contributed by atoms with E-state index in [0.29, 0.717) is 12.4 Å². The predicted molar refractivity (Wildman–Crippen MR) is 88.7 cm³/mol. The summed E-state index contributed by atoms with van der Waals surface area (Å²) in [5.74, 6) is 1.33. The maximum atomic E-state index is 12.5. The molecule has 1 atom stereocenters. The van der Waals surface area contributed by atoms with Crippen LogP contribution in [0.15, 0.2) is 24.4 Å². The normalized spacial score (nSPS) is 17.2. The average molecular weight is 340 g/mol. The number of tetrazole rings is 1. The van der Waals surface area contributed by atoms with Gasteiger partial charge in [0.1, 0.15) is 5.82 Å². The van der Waals surface area contributed by atoms with Crippen LogP contribution < -0.4 is 5.32 Å². The van der Waals surface area contributed by atoms with Crippen molar-refractivity contribution in [3.63, 3.8) is 0 Å². The van der Waals surface area contributed by atoms with E-state index in [1.807, 2.05) is 28.8 Å². The Kier molecular flexibility index (Phi) is 4.36. The van der Waals surface area contributed by atoms with Crippen LogP contribution in [0.1, 0.15) is 43.3 Å². The van der Waals surface area contributed by atoms with E-state index >= 15 is 0 Å². The number of aryl methyl sites for hydroxylation is 2. The fraction of sp³-hybridized carbons (Fsp3) is 0.500. The van der Waals surface area contributed by atoms with Gasteiger partial charge in [-0.3, -0.25) is 9.20 Å². The van der Waals surface area contributed by atoms with E-state index in [0.717, 1.165) is 50.1 Å². The van der Waals surface area contributed by atoms with Crippen LogP contribution in [-0.2, 0) is 17.8 Å². The quantitative estimate of drug-likeness (QED) is 0.687. The fourth-order valence-corrected chi connectivity index (χ4v) is 3.25. The van der Waals surface area contributed by atoms with Crippen LogP contribution in [0.4, 0.5) is 0 Å². The van der Waals surface area contributed by atoms with Crippen LogP contribution in [0.2, 0.25) is 0 Å². The molecule has 0 bridgehead atoms. The predicted octanol–water partition coefficient (Wildman–Crippen LogP) is 0.732. The molecule has 1 aliphatic rings. The lowest BCUT2D eigenvalue weighted by molar-refractivity contribution is -0.122. The van der Waals surface area contributed by atoms with Gasteiger partial charge in [-0.1, -0.05) is 12.5 Å². The molecule has 1 aliphatic heterocycles. The first-order chi connectivity index (χ1) is 12.3. The van der Waals surface area contributed by atoms with E-state index in [1.165, 1.54) is 0 Å². The molecule has 0 saturated heterocycles. The first kappa shape index (κ1) is 15.7. The van der Waals surface area contributed by atoms with Crippen molar-refractivity contribution in [1.29, 1.82) is 0 Å². The number of pyridine rings is 1. The van der Waals surface area contributed by atoms with E-state index in [-0.39, 0.29) is 11.8 Å². The first-order valence-corrected chi connectivity index (χ1v) is 8.65. The van der Waals surface area contributed by atoms with E-state index in [9.17, 15) is 4.79 Å². The second-order valence-electron chi connectivity index (χ2n) is 6.25. The van der Waals surface area contributed by atoms with E-state index in [1.54, 1.807) is 4.68 Å². The van der Waals surface area contributed by atoms with Gasteiger partial charge in [0.15, 0.2) is 11.5 Å². The Morgan fingerprint density at radius 2 is 2.20 bits per heavy atom. The van der Waals surface area contributed by atoms with Crippen molar-refractivity contribution in [2.45, 2.75) is 44.6 Å². The highest BCUT2D eigenvalue weighted by molar-refractivity contribution is 5.82. The second kappa shape index (κ2) is 6.96. The number of fused-ring (bicyclic) bond motifs is 2. The molecule has 0 aliphatic carbocycles. The minimum Gasteiger partial charge on any atom is -0.355 e. The SMILES string of the molecule is O=C(NCCCc1nnc2ccccn12)[C@H]1CCCCn2nnnc21. The Morgan fingerprint density at radius 1 is 1.24 bits per heavy atom. The highest BCUT2D eigenvalue weighted by atomic mass is 16.1. The third kappa shape index (κ3) is 3.21. The molecule has 4 heterocycles. The molecular formula is C16H20N8O. The zero-order chi connectivity index (χ0) is 17.1. The lowest BCUT2D eigenvalue weighted by Crippen LogP contribution is -2.31. The Balaban J connectivity index is 1.32. The minimum absolute atomic E-state index is 0.00375. The largest absolute Gasteiger partial charge is 0.355 e. The van der Waals surface area contributed by atoms with Gasteiger partial charge in [-0.15, -0.1) is 15.3 Å². The number of nitrogens with one attached hydrogen (secondary N) is 1. The number of aromatic nitrogens is 7. The molecule has 1 N–H and O–H groups in total. The number of hydrogen-bond donors (Lipinski definition) is 1.